The summed E-state index contributed by atoms with van der Waals surface area (Å²) in [5, 5.41) is 4.83. The van der Waals surface area contributed by atoms with E-state index in [0.29, 0.717) is 28.2 Å². The fourth-order valence-electron chi connectivity index (χ4n) is 1.98. The van der Waals surface area contributed by atoms with Gasteiger partial charge in [-0.1, -0.05) is 23.5 Å². The Balaban J connectivity index is 1.93. The Morgan fingerprint density at radius 1 is 1.65 bits per heavy atom. The van der Waals surface area contributed by atoms with E-state index < -0.39 is 0 Å². The van der Waals surface area contributed by atoms with Gasteiger partial charge in [-0.25, -0.2) is 9.78 Å². The molecular weight excluding hydrogens is 274 g/mol. The van der Waals surface area contributed by atoms with Gasteiger partial charge in [-0.2, -0.15) is 5.10 Å². The van der Waals surface area contributed by atoms with E-state index in [2.05, 4.69) is 27.7 Å². The molecule has 0 saturated carbocycles. The summed E-state index contributed by atoms with van der Waals surface area (Å²) in [5.41, 5.74) is 3.57. The number of nitrogens with zero attached hydrogens (tertiary/aromatic N) is 2. The molecule has 6 heteroatoms. The second kappa shape index (κ2) is 7.19. The Hall–Kier alpha value is -1.69. The van der Waals surface area contributed by atoms with Crippen LogP contribution in [0, 0.1) is 12.8 Å². The van der Waals surface area contributed by atoms with Crippen LogP contribution in [0.5, 0.6) is 0 Å². The number of ether oxygens (including phenoxy) is 1. The van der Waals surface area contributed by atoms with Crippen LogP contribution in [0.4, 0.5) is 5.13 Å². The average molecular weight is 293 g/mol. The van der Waals surface area contributed by atoms with Crippen molar-refractivity contribution in [3.05, 3.63) is 22.7 Å². The largest absolute Gasteiger partial charge is 0.462 e. The molecule has 0 amide bonds. The third-order valence-electron chi connectivity index (χ3n) is 3.01. The van der Waals surface area contributed by atoms with Gasteiger partial charge in [0.15, 0.2) is 0 Å². The van der Waals surface area contributed by atoms with Crippen molar-refractivity contribution in [3.63, 3.8) is 0 Å². The van der Waals surface area contributed by atoms with E-state index in [1.54, 1.807) is 13.8 Å². The van der Waals surface area contributed by atoms with Crippen molar-refractivity contribution < 1.29 is 9.53 Å². The first-order valence-electron chi connectivity index (χ1n) is 6.79. The van der Waals surface area contributed by atoms with Gasteiger partial charge in [0.1, 0.15) is 4.88 Å². The number of hydrazone groups is 1. The maximum absolute atomic E-state index is 11.7. The van der Waals surface area contributed by atoms with Crippen molar-refractivity contribution in [2.75, 3.05) is 12.0 Å². The molecule has 108 valence electrons. The van der Waals surface area contributed by atoms with Crippen LogP contribution in [0.2, 0.25) is 0 Å². The van der Waals surface area contributed by atoms with Gasteiger partial charge in [0.2, 0.25) is 5.13 Å². The summed E-state index contributed by atoms with van der Waals surface area (Å²) in [6, 6.07) is 0. The van der Waals surface area contributed by atoms with Crippen LogP contribution < -0.4 is 5.43 Å². The number of hydrogen-bond donors (Lipinski definition) is 1. The van der Waals surface area contributed by atoms with Crippen molar-refractivity contribution in [2.24, 2.45) is 11.0 Å². The zero-order chi connectivity index (χ0) is 14.4. The molecule has 2 rings (SSSR count). The topological polar surface area (TPSA) is 63.6 Å². The lowest BCUT2D eigenvalue weighted by Gasteiger charge is -2.11. The molecule has 1 aliphatic carbocycles. The number of esters is 1. The first kappa shape index (κ1) is 14.7. The zero-order valence-electron chi connectivity index (χ0n) is 11.8. The minimum Gasteiger partial charge on any atom is -0.462 e. The highest BCUT2D eigenvalue weighted by Crippen LogP contribution is 2.23. The van der Waals surface area contributed by atoms with E-state index in [-0.39, 0.29) is 5.97 Å². The minimum atomic E-state index is -0.322. The fourth-order valence-corrected chi connectivity index (χ4v) is 2.79. The van der Waals surface area contributed by atoms with E-state index in [9.17, 15) is 4.79 Å². The fraction of sp³-hybridized carbons (Fsp3) is 0.500. The second-order valence-corrected chi connectivity index (χ2v) is 5.59. The normalized spacial score (nSPS) is 18.4. The van der Waals surface area contributed by atoms with Crippen molar-refractivity contribution in [1.82, 2.24) is 4.98 Å². The smallest absolute Gasteiger partial charge is 0.350 e. The van der Waals surface area contributed by atoms with Crippen LogP contribution >= 0.6 is 11.3 Å². The van der Waals surface area contributed by atoms with E-state index >= 15 is 0 Å². The Kier molecular flexibility index (Phi) is 5.29. The highest BCUT2D eigenvalue weighted by molar-refractivity contribution is 7.17. The summed E-state index contributed by atoms with van der Waals surface area (Å²) in [6.45, 7) is 3.95. The highest BCUT2D eigenvalue weighted by Gasteiger charge is 2.16. The molecule has 0 fully saturated rings. The van der Waals surface area contributed by atoms with Gasteiger partial charge in [-0.3, -0.25) is 5.43 Å². The second-order valence-electron chi connectivity index (χ2n) is 4.59. The number of nitrogens with one attached hydrogen (secondary N) is 1. The van der Waals surface area contributed by atoms with Crippen LogP contribution in [0.3, 0.4) is 0 Å². The number of aryl methyl sites for hydroxylation is 1. The third-order valence-corrected chi connectivity index (χ3v) is 4.05. The van der Waals surface area contributed by atoms with Crippen LogP contribution in [0.25, 0.3) is 0 Å². The molecule has 5 nitrogen and oxygen atoms in total. The molecule has 0 aliphatic heterocycles. The summed E-state index contributed by atoms with van der Waals surface area (Å²) in [7, 11) is 0. The SMILES string of the molecule is CCOC(=O)c1sc(N/N=C/C2CC=CCC2)nc1C. The zero-order valence-corrected chi connectivity index (χ0v) is 12.6. The molecular formula is C14H19N3O2S. The Morgan fingerprint density at radius 2 is 2.50 bits per heavy atom. The molecule has 0 saturated heterocycles. The van der Waals surface area contributed by atoms with Gasteiger partial charge < -0.3 is 4.74 Å². The molecule has 1 heterocycles. The lowest BCUT2D eigenvalue weighted by molar-refractivity contribution is 0.0531. The van der Waals surface area contributed by atoms with Gasteiger partial charge in [0.05, 0.1) is 12.3 Å². The van der Waals surface area contributed by atoms with Gasteiger partial charge in [0, 0.05) is 6.21 Å². The molecule has 1 aromatic heterocycles. The Labute approximate surface area is 122 Å². The first-order valence-corrected chi connectivity index (χ1v) is 7.61. The number of anilines is 1. The molecule has 0 radical (unpaired) electrons. The number of rotatable bonds is 5. The van der Waals surface area contributed by atoms with Gasteiger partial charge in [-0.15, -0.1) is 0 Å². The quantitative estimate of drug-likeness (QED) is 0.391. The van der Waals surface area contributed by atoms with Crippen LogP contribution in [-0.4, -0.2) is 23.8 Å². The van der Waals surface area contributed by atoms with Crippen molar-refractivity contribution in [1.29, 1.82) is 0 Å². The van der Waals surface area contributed by atoms with E-state index in [1.807, 2.05) is 6.21 Å². The number of allylic oxidation sites excluding steroid dienone is 2. The summed E-state index contributed by atoms with van der Waals surface area (Å²) in [5.74, 6) is 0.162. The van der Waals surface area contributed by atoms with E-state index in [0.717, 1.165) is 19.3 Å². The van der Waals surface area contributed by atoms with Gasteiger partial charge in [0.25, 0.3) is 0 Å². The maximum Gasteiger partial charge on any atom is 0.350 e. The molecule has 20 heavy (non-hydrogen) atoms. The lowest BCUT2D eigenvalue weighted by atomic mass is 9.96. The molecule has 1 N–H and O–H groups in total. The highest BCUT2D eigenvalue weighted by atomic mass is 32.1. The number of hydrogen-bond acceptors (Lipinski definition) is 6. The minimum absolute atomic E-state index is 0.322. The van der Waals surface area contributed by atoms with E-state index in [4.69, 9.17) is 4.74 Å². The Morgan fingerprint density at radius 3 is 3.20 bits per heavy atom. The molecule has 0 spiro atoms. The van der Waals surface area contributed by atoms with Crippen molar-refractivity contribution >= 4 is 28.7 Å². The average Bonchev–Trinajstić information content (AvgIpc) is 2.81. The molecule has 1 atom stereocenters. The van der Waals surface area contributed by atoms with Crippen LogP contribution in [-0.2, 0) is 4.74 Å². The standard InChI is InChI=1S/C14H19N3O2S/c1-3-19-13(18)12-10(2)16-14(20-12)17-15-9-11-7-5-4-6-8-11/h4-5,9,11H,3,6-8H2,1-2H3,(H,16,17)/b15-9+. The van der Waals surface area contributed by atoms with Crippen molar-refractivity contribution in [2.45, 2.75) is 33.1 Å². The predicted octanol–water partition coefficient (Wildman–Crippen LogP) is 3.38. The number of aromatic nitrogens is 1. The van der Waals surface area contributed by atoms with Gasteiger partial charge >= 0.3 is 5.97 Å². The first-order chi connectivity index (χ1) is 9.70. The molecule has 0 aromatic carbocycles. The summed E-state index contributed by atoms with van der Waals surface area (Å²) in [4.78, 5) is 16.5. The van der Waals surface area contributed by atoms with Crippen molar-refractivity contribution in [3.8, 4) is 0 Å². The molecule has 1 aliphatic rings. The number of carbonyl (C=O) groups is 1. The Bertz CT molecular complexity index is 522. The lowest BCUT2D eigenvalue weighted by Crippen LogP contribution is -2.04. The third kappa shape index (κ3) is 3.90. The van der Waals surface area contributed by atoms with Gasteiger partial charge in [-0.05, 0) is 39.0 Å². The van der Waals surface area contributed by atoms with Crippen LogP contribution in [0.15, 0.2) is 17.3 Å². The predicted molar refractivity (Wildman–Crippen MR) is 81.4 cm³/mol. The number of carbonyl (C=O) groups excluding carboxylic acids is 1. The monoisotopic (exact) mass is 293 g/mol. The summed E-state index contributed by atoms with van der Waals surface area (Å²) >= 11 is 1.27. The molecule has 0 bridgehead atoms. The summed E-state index contributed by atoms with van der Waals surface area (Å²) < 4.78 is 4.98. The van der Waals surface area contributed by atoms with E-state index in [1.165, 1.54) is 11.3 Å². The summed E-state index contributed by atoms with van der Waals surface area (Å²) in [6.07, 6.45) is 9.59. The maximum atomic E-state index is 11.7. The molecule has 1 unspecified atom stereocenters. The molecule has 1 aromatic rings. The van der Waals surface area contributed by atoms with Crippen LogP contribution in [0.1, 0.15) is 41.6 Å². The number of thiazole rings is 1.